The number of nitrogens with zero attached hydrogens (tertiary/aromatic N) is 2. The van der Waals surface area contributed by atoms with Crippen LogP contribution in [0, 0.1) is 0 Å². The molecule has 0 unspecified atom stereocenters. The maximum absolute atomic E-state index is 6.44. The van der Waals surface area contributed by atoms with Gasteiger partial charge >= 0.3 is 0 Å². The maximum atomic E-state index is 6.44. The Hall–Kier alpha value is -3.46. The summed E-state index contributed by atoms with van der Waals surface area (Å²) >= 11 is 0. The van der Waals surface area contributed by atoms with Crippen molar-refractivity contribution in [1.29, 1.82) is 0 Å². The molecule has 0 aliphatic carbocycles. The summed E-state index contributed by atoms with van der Waals surface area (Å²) in [7, 11) is 6.44. The van der Waals surface area contributed by atoms with Crippen molar-refractivity contribution in [2.75, 3.05) is 9.80 Å². The number of hydrogen-bond donors (Lipinski definition) is 0. The molecular formula is C26H23BN2. The van der Waals surface area contributed by atoms with Crippen molar-refractivity contribution in [3.8, 4) is 0 Å². The molecule has 0 aromatic heterocycles. The molecule has 140 valence electrons. The van der Waals surface area contributed by atoms with E-state index in [4.69, 9.17) is 7.85 Å². The van der Waals surface area contributed by atoms with Gasteiger partial charge in [-0.2, -0.15) is 0 Å². The van der Waals surface area contributed by atoms with Crippen LogP contribution in [0.1, 0.15) is 0 Å². The number of para-hydroxylation sites is 4. The van der Waals surface area contributed by atoms with Gasteiger partial charge in [0.1, 0.15) is 6.17 Å². The predicted octanol–water partition coefficient (Wildman–Crippen LogP) is 6.58. The van der Waals surface area contributed by atoms with Gasteiger partial charge in [-0.3, -0.25) is 0 Å². The third-order valence-electron chi connectivity index (χ3n) is 4.94. The van der Waals surface area contributed by atoms with Crippen LogP contribution in [-0.4, -0.2) is 14.0 Å². The average molecular weight is 374 g/mol. The van der Waals surface area contributed by atoms with Crippen LogP contribution in [0.25, 0.3) is 0 Å². The Labute approximate surface area is 174 Å². The third-order valence-corrected chi connectivity index (χ3v) is 4.94. The molecule has 0 aliphatic rings. The Morgan fingerprint density at radius 1 is 0.448 bits per heavy atom. The van der Waals surface area contributed by atoms with Crippen LogP contribution in [0.5, 0.6) is 0 Å². The minimum Gasteiger partial charge on any atom is -0.321 e. The Morgan fingerprint density at radius 2 is 0.690 bits per heavy atom. The fourth-order valence-corrected chi connectivity index (χ4v) is 3.67. The highest BCUT2D eigenvalue weighted by molar-refractivity contribution is 6.09. The lowest BCUT2D eigenvalue weighted by molar-refractivity contribution is 0.720. The second kappa shape index (κ2) is 9.16. The maximum Gasteiger partial charge on any atom is 0.103 e. The van der Waals surface area contributed by atoms with Crippen LogP contribution >= 0.6 is 0 Å². The van der Waals surface area contributed by atoms with Gasteiger partial charge in [-0.05, 0) is 54.9 Å². The lowest BCUT2D eigenvalue weighted by Gasteiger charge is -2.42. The van der Waals surface area contributed by atoms with Crippen LogP contribution < -0.4 is 9.80 Å². The molecule has 4 rings (SSSR count). The van der Waals surface area contributed by atoms with Gasteiger partial charge < -0.3 is 9.80 Å². The van der Waals surface area contributed by atoms with Crippen LogP contribution in [0.2, 0.25) is 6.32 Å². The lowest BCUT2D eigenvalue weighted by atomic mass is 9.97. The summed E-state index contributed by atoms with van der Waals surface area (Å²) in [5, 5.41) is 0. The summed E-state index contributed by atoms with van der Waals surface area (Å²) in [4.78, 5) is 4.61. The molecule has 29 heavy (non-hydrogen) atoms. The fourth-order valence-electron chi connectivity index (χ4n) is 3.67. The number of hydrogen-bond acceptors (Lipinski definition) is 2. The molecule has 0 atom stereocenters. The monoisotopic (exact) mass is 374 g/mol. The van der Waals surface area contributed by atoms with E-state index in [1.165, 1.54) is 0 Å². The first-order valence-electron chi connectivity index (χ1n) is 9.87. The summed E-state index contributed by atoms with van der Waals surface area (Å²) in [6, 6.07) is 41.7. The van der Waals surface area contributed by atoms with Gasteiger partial charge in [0.05, 0.1) is 7.85 Å². The topological polar surface area (TPSA) is 6.48 Å². The summed E-state index contributed by atoms with van der Waals surface area (Å²) < 4.78 is 0. The summed E-state index contributed by atoms with van der Waals surface area (Å²) in [6.45, 7) is 0. The Bertz CT molecular complexity index is 830. The average Bonchev–Trinajstić information content (AvgIpc) is 2.81. The molecule has 0 spiro atoms. The fraction of sp³-hybridized carbons (Fsp3) is 0.0769. The first kappa shape index (κ1) is 18.9. The standard InChI is InChI=1S/C26H23BN2/c27-21-26(28(22-13-5-1-6-14-22)23-15-7-2-8-16-23)29(24-17-9-3-10-18-24)25-19-11-4-12-20-25/h1-20,26H,21H2. The van der Waals surface area contributed by atoms with Crippen molar-refractivity contribution < 1.29 is 0 Å². The number of benzene rings is 4. The van der Waals surface area contributed by atoms with Crippen LogP contribution in [0.4, 0.5) is 22.7 Å². The summed E-state index contributed by atoms with van der Waals surface area (Å²) in [6.07, 6.45) is 0.345. The molecule has 2 nitrogen and oxygen atoms in total. The Morgan fingerprint density at radius 3 is 0.897 bits per heavy atom. The van der Waals surface area contributed by atoms with Crippen LogP contribution in [0.15, 0.2) is 121 Å². The van der Waals surface area contributed by atoms with Gasteiger partial charge in [-0.25, -0.2) is 0 Å². The number of anilines is 4. The van der Waals surface area contributed by atoms with Crippen molar-refractivity contribution >= 4 is 30.6 Å². The van der Waals surface area contributed by atoms with E-state index < -0.39 is 0 Å². The second-order valence-corrected chi connectivity index (χ2v) is 6.80. The van der Waals surface area contributed by atoms with Gasteiger partial charge in [-0.15, -0.1) is 0 Å². The van der Waals surface area contributed by atoms with E-state index in [0.29, 0.717) is 6.32 Å². The highest BCUT2D eigenvalue weighted by atomic mass is 15.4. The van der Waals surface area contributed by atoms with Crippen LogP contribution in [-0.2, 0) is 0 Å². The molecule has 0 saturated heterocycles. The van der Waals surface area contributed by atoms with Crippen molar-refractivity contribution in [3.63, 3.8) is 0 Å². The predicted molar refractivity (Wildman–Crippen MR) is 124 cm³/mol. The van der Waals surface area contributed by atoms with Gasteiger partial charge in [0.15, 0.2) is 0 Å². The molecule has 4 aromatic rings. The Balaban J connectivity index is 1.88. The minimum atomic E-state index is -0.107. The molecule has 0 fully saturated rings. The van der Waals surface area contributed by atoms with Gasteiger partial charge in [0.25, 0.3) is 0 Å². The molecule has 0 heterocycles. The van der Waals surface area contributed by atoms with E-state index in [9.17, 15) is 0 Å². The van der Waals surface area contributed by atoms with E-state index in [0.717, 1.165) is 22.7 Å². The van der Waals surface area contributed by atoms with Crippen molar-refractivity contribution in [2.24, 2.45) is 0 Å². The molecule has 0 N–H and O–H groups in total. The lowest BCUT2D eigenvalue weighted by Crippen LogP contribution is -2.44. The van der Waals surface area contributed by atoms with E-state index in [2.05, 4.69) is 107 Å². The first-order valence-corrected chi connectivity index (χ1v) is 9.87. The van der Waals surface area contributed by atoms with E-state index in [1.54, 1.807) is 0 Å². The normalized spacial score (nSPS) is 10.7. The Kier molecular flexibility index (Phi) is 5.96. The molecule has 4 aromatic carbocycles. The molecule has 0 saturated carbocycles. The zero-order valence-corrected chi connectivity index (χ0v) is 16.3. The molecule has 2 radical (unpaired) electrons. The van der Waals surface area contributed by atoms with Crippen LogP contribution in [0.3, 0.4) is 0 Å². The minimum absolute atomic E-state index is 0.107. The zero-order chi connectivity index (χ0) is 19.9. The summed E-state index contributed by atoms with van der Waals surface area (Å²) in [5.74, 6) is 0. The van der Waals surface area contributed by atoms with Crippen molar-refractivity contribution in [3.05, 3.63) is 121 Å². The molecule has 0 bridgehead atoms. The highest BCUT2D eigenvalue weighted by Crippen LogP contribution is 2.36. The van der Waals surface area contributed by atoms with E-state index in [1.807, 2.05) is 24.3 Å². The molecule has 0 amide bonds. The molecular weight excluding hydrogens is 351 g/mol. The molecule has 3 heteroatoms. The van der Waals surface area contributed by atoms with Crippen molar-refractivity contribution in [1.82, 2.24) is 0 Å². The van der Waals surface area contributed by atoms with Gasteiger partial charge in [0, 0.05) is 22.7 Å². The van der Waals surface area contributed by atoms with E-state index in [-0.39, 0.29) is 6.17 Å². The smallest absolute Gasteiger partial charge is 0.103 e. The summed E-state index contributed by atoms with van der Waals surface area (Å²) in [5.41, 5.74) is 4.41. The van der Waals surface area contributed by atoms with E-state index >= 15 is 0 Å². The highest BCUT2D eigenvalue weighted by Gasteiger charge is 2.26. The number of rotatable bonds is 7. The third kappa shape index (κ3) is 4.19. The first-order chi connectivity index (χ1) is 14.4. The largest absolute Gasteiger partial charge is 0.321 e. The second-order valence-electron chi connectivity index (χ2n) is 6.80. The van der Waals surface area contributed by atoms with Gasteiger partial charge in [0.2, 0.25) is 0 Å². The SMILES string of the molecule is [B]CC(N(c1ccccc1)c1ccccc1)N(c1ccccc1)c1ccccc1. The molecule has 0 aliphatic heterocycles. The van der Waals surface area contributed by atoms with Gasteiger partial charge in [-0.1, -0.05) is 72.8 Å². The quantitative estimate of drug-likeness (QED) is 0.266. The zero-order valence-electron chi connectivity index (χ0n) is 16.3. The van der Waals surface area contributed by atoms with Crippen molar-refractivity contribution in [2.45, 2.75) is 12.5 Å².